The molecule has 3 nitrogen and oxygen atoms in total. The fourth-order valence-corrected chi connectivity index (χ4v) is 2.95. The van der Waals surface area contributed by atoms with Gasteiger partial charge in [0.25, 0.3) is 0 Å². The average molecular weight is 183 g/mol. The minimum Gasteiger partial charge on any atom is -0.481 e. The Balaban J connectivity index is 2.19. The second kappa shape index (κ2) is 2.98. The molecule has 2 unspecified atom stereocenters. The monoisotopic (exact) mass is 183 g/mol. The van der Waals surface area contributed by atoms with Crippen LogP contribution >= 0.6 is 0 Å². The molecule has 0 amide bonds. The van der Waals surface area contributed by atoms with Crippen molar-refractivity contribution in [3.8, 4) is 0 Å². The third-order valence-electron chi connectivity index (χ3n) is 4.06. The van der Waals surface area contributed by atoms with Crippen molar-refractivity contribution in [3.63, 3.8) is 0 Å². The van der Waals surface area contributed by atoms with E-state index in [4.69, 9.17) is 5.11 Å². The number of hydrogen-bond acceptors (Lipinski definition) is 2. The summed E-state index contributed by atoms with van der Waals surface area (Å²) < 4.78 is 0. The molecule has 1 heterocycles. The Hall–Kier alpha value is -0.570. The molecule has 0 aromatic heterocycles. The van der Waals surface area contributed by atoms with Gasteiger partial charge in [0.1, 0.15) is 0 Å². The van der Waals surface area contributed by atoms with Crippen molar-refractivity contribution in [1.82, 2.24) is 5.32 Å². The van der Waals surface area contributed by atoms with Crippen molar-refractivity contribution in [2.75, 3.05) is 13.1 Å². The highest BCUT2D eigenvalue weighted by Gasteiger charge is 2.52. The molecule has 2 N–H and O–H groups in total. The molecule has 0 radical (unpaired) electrons. The van der Waals surface area contributed by atoms with Crippen LogP contribution in [-0.2, 0) is 4.79 Å². The highest BCUT2D eigenvalue weighted by molar-refractivity contribution is 5.72. The second-order valence-corrected chi connectivity index (χ2v) is 4.54. The lowest BCUT2D eigenvalue weighted by molar-refractivity contribution is -0.155. The minimum absolute atomic E-state index is 0.136. The van der Waals surface area contributed by atoms with Gasteiger partial charge in [-0.1, -0.05) is 13.3 Å². The molecule has 2 atom stereocenters. The quantitative estimate of drug-likeness (QED) is 0.640. The molecule has 0 aromatic rings. The average Bonchev–Trinajstić information content (AvgIpc) is 2.00. The Kier molecular flexibility index (Phi) is 2.06. The topological polar surface area (TPSA) is 49.3 Å². The van der Waals surface area contributed by atoms with E-state index in [1.807, 2.05) is 0 Å². The van der Waals surface area contributed by atoms with Crippen LogP contribution in [0.15, 0.2) is 0 Å². The summed E-state index contributed by atoms with van der Waals surface area (Å²) in [4.78, 5) is 11.1. The van der Waals surface area contributed by atoms with Gasteiger partial charge in [-0.3, -0.25) is 4.79 Å². The molecule has 2 fully saturated rings. The van der Waals surface area contributed by atoms with Gasteiger partial charge >= 0.3 is 5.97 Å². The van der Waals surface area contributed by atoms with Crippen molar-refractivity contribution < 1.29 is 9.90 Å². The van der Waals surface area contributed by atoms with Crippen molar-refractivity contribution in [3.05, 3.63) is 0 Å². The Morgan fingerprint density at radius 3 is 2.54 bits per heavy atom. The third-order valence-corrected chi connectivity index (χ3v) is 4.06. The fraction of sp³-hybridized carbons (Fsp3) is 0.900. The van der Waals surface area contributed by atoms with Gasteiger partial charge in [0.15, 0.2) is 0 Å². The van der Waals surface area contributed by atoms with Crippen LogP contribution in [-0.4, -0.2) is 24.2 Å². The molecule has 1 aliphatic heterocycles. The van der Waals surface area contributed by atoms with E-state index in [-0.39, 0.29) is 11.3 Å². The van der Waals surface area contributed by atoms with Crippen molar-refractivity contribution in [2.45, 2.75) is 26.2 Å². The van der Waals surface area contributed by atoms with E-state index in [0.717, 1.165) is 19.4 Å². The van der Waals surface area contributed by atoms with Crippen LogP contribution in [0.3, 0.4) is 0 Å². The molecule has 13 heavy (non-hydrogen) atoms. The Labute approximate surface area is 78.5 Å². The van der Waals surface area contributed by atoms with E-state index in [1.165, 1.54) is 6.42 Å². The van der Waals surface area contributed by atoms with Gasteiger partial charge in [0, 0.05) is 6.54 Å². The first-order valence-electron chi connectivity index (χ1n) is 5.10. The summed E-state index contributed by atoms with van der Waals surface area (Å²) in [5, 5.41) is 12.3. The number of aliphatic carboxylic acids is 1. The maximum Gasteiger partial charge on any atom is 0.308 e. The van der Waals surface area contributed by atoms with Crippen LogP contribution in [0.4, 0.5) is 0 Å². The van der Waals surface area contributed by atoms with Gasteiger partial charge in [-0.05, 0) is 30.7 Å². The van der Waals surface area contributed by atoms with Gasteiger partial charge in [0.05, 0.1) is 5.92 Å². The van der Waals surface area contributed by atoms with E-state index >= 15 is 0 Å². The molecular formula is C10H17NO2. The van der Waals surface area contributed by atoms with Gasteiger partial charge in [-0.2, -0.15) is 0 Å². The van der Waals surface area contributed by atoms with Crippen molar-refractivity contribution in [2.24, 2.45) is 17.3 Å². The zero-order chi connectivity index (χ0) is 9.47. The van der Waals surface area contributed by atoms with Crippen LogP contribution < -0.4 is 5.32 Å². The second-order valence-electron chi connectivity index (χ2n) is 4.54. The predicted octanol–water partition coefficient (Wildman–Crippen LogP) is 1.10. The molecule has 3 heteroatoms. The van der Waals surface area contributed by atoms with E-state index in [9.17, 15) is 4.79 Å². The lowest BCUT2D eigenvalue weighted by Crippen LogP contribution is -2.56. The zero-order valence-corrected chi connectivity index (χ0v) is 8.05. The summed E-state index contributed by atoms with van der Waals surface area (Å²) >= 11 is 0. The van der Waals surface area contributed by atoms with Crippen LogP contribution in [0.25, 0.3) is 0 Å². The molecule has 1 aliphatic carbocycles. The minimum atomic E-state index is -0.612. The molecule has 1 saturated heterocycles. The zero-order valence-electron chi connectivity index (χ0n) is 8.05. The fourth-order valence-electron chi connectivity index (χ4n) is 2.95. The number of nitrogens with one attached hydrogen (secondary N) is 1. The van der Waals surface area contributed by atoms with Crippen molar-refractivity contribution >= 4 is 5.97 Å². The molecule has 1 spiro atoms. The summed E-state index contributed by atoms with van der Waals surface area (Å²) in [5.41, 5.74) is 0.136. The first kappa shape index (κ1) is 9.00. The third kappa shape index (κ3) is 1.17. The van der Waals surface area contributed by atoms with Crippen LogP contribution in [0.5, 0.6) is 0 Å². The van der Waals surface area contributed by atoms with E-state index in [0.29, 0.717) is 12.5 Å². The standard InChI is InChI=1S/C10H17NO2/c1-7-5-11-6-8(9(12)13)10(7)3-2-4-10/h7-8,11H,2-6H2,1H3,(H,12,13). The smallest absolute Gasteiger partial charge is 0.308 e. The molecule has 1 saturated carbocycles. The van der Waals surface area contributed by atoms with Crippen molar-refractivity contribution in [1.29, 1.82) is 0 Å². The summed E-state index contributed by atoms with van der Waals surface area (Å²) in [7, 11) is 0. The first-order chi connectivity index (χ1) is 6.17. The Morgan fingerprint density at radius 1 is 1.46 bits per heavy atom. The largest absolute Gasteiger partial charge is 0.481 e. The Morgan fingerprint density at radius 2 is 2.15 bits per heavy atom. The summed E-state index contributed by atoms with van der Waals surface area (Å²) in [5.74, 6) is -0.236. The highest BCUT2D eigenvalue weighted by Crippen LogP contribution is 2.53. The molecule has 0 bridgehead atoms. The molecule has 0 aromatic carbocycles. The van der Waals surface area contributed by atoms with Gasteiger partial charge in [-0.15, -0.1) is 0 Å². The highest BCUT2D eigenvalue weighted by atomic mass is 16.4. The van der Waals surface area contributed by atoms with E-state index < -0.39 is 5.97 Å². The summed E-state index contributed by atoms with van der Waals surface area (Å²) in [6.45, 7) is 3.84. The molecular weight excluding hydrogens is 166 g/mol. The Bertz CT molecular complexity index is 223. The number of rotatable bonds is 1. The summed E-state index contributed by atoms with van der Waals surface area (Å²) in [6.07, 6.45) is 3.45. The first-order valence-corrected chi connectivity index (χ1v) is 5.10. The maximum atomic E-state index is 11.1. The van der Waals surface area contributed by atoms with Crippen LogP contribution in [0.2, 0.25) is 0 Å². The van der Waals surface area contributed by atoms with E-state index in [1.54, 1.807) is 0 Å². The maximum absolute atomic E-state index is 11.1. The summed E-state index contributed by atoms with van der Waals surface area (Å²) in [6, 6.07) is 0. The number of carboxylic acid groups (broad SMARTS) is 1. The number of carboxylic acids is 1. The normalized spacial score (nSPS) is 37.0. The lowest BCUT2D eigenvalue weighted by Gasteiger charge is -2.53. The van der Waals surface area contributed by atoms with Gasteiger partial charge in [0.2, 0.25) is 0 Å². The SMILES string of the molecule is CC1CNCC(C(=O)O)C12CCC2. The predicted molar refractivity (Wildman–Crippen MR) is 49.4 cm³/mol. The molecule has 2 aliphatic rings. The number of hydrogen-bond donors (Lipinski definition) is 2. The molecule has 2 rings (SSSR count). The van der Waals surface area contributed by atoms with Gasteiger partial charge < -0.3 is 10.4 Å². The molecule has 74 valence electrons. The lowest BCUT2D eigenvalue weighted by atomic mass is 9.53. The van der Waals surface area contributed by atoms with Crippen LogP contribution in [0.1, 0.15) is 26.2 Å². The number of carbonyl (C=O) groups is 1. The van der Waals surface area contributed by atoms with E-state index in [2.05, 4.69) is 12.2 Å². The van der Waals surface area contributed by atoms with Gasteiger partial charge in [-0.25, -0.2) is 0 Å². The van der Waals surface area contributed by atoms with Crippen LogP contribution in [0, 0.1) is 17.3 Å². The number of piperidine rings is 1.